The molecule has 0 aliphatic heterocycles. The van der Waals surface area contributed by atoms with E-state index in [9.17, 15) is 5.11 Å². The lowest BCUT2D eigenvalue weighted by atomic mass is 9.77. The highest BCUT2D eigenvalue weighted by Gasteiger charge is 2.34. The van der Waals surface area contributed by atoms with Crippen LogP contribution in [-0.4, -0.2) is 24.8 Å². The number of methoxy groups -OCH3 is 1. The average Bonchev–Trinajstić information content (AvgIpc) is 2.47. The van der Waals surface area contributed by atoms with Crippen molar-refractivity contribution in [1.29, 1.82) is 0 Å². The molecule has 0 radical (unpaired) electrons. The summed E-state index contributed by atoms with van der Waals surface area (Å²) in [5.41, 5.74) is 0.305. The molecule has 0 atom stereocenters. The highest BCUT2D eigenvalue weighted by Crippen LogP contribution is 2.38. The van der Waals surface area contributed by atoms with Crippen LogP contribution in [0.2, 0.25) is 0 Å². The highest BCUT2D eigenvalue weighted by atomic mass is 16.5. The maximum atomic E-state index is 10.8. The Morgan fingerprint density at radius 3 is 2.74 bits per heavy atom. The Hall–Kier alpha value is -1.06. The third-order valence-corrected chi connectivity index (χ3v) is 4.10. The Kier molecular flexibility index (Phi) is 4.83. The molecule has 1 saturated carbocycles. The van der Waals surface area contributed by atoms with Crippen LogP contribution < -0.4 is 10.1 Å². The molecule has 2 rings (SSSR count). The van der Waals surface area contributed by atoms with Gasteiger partial charge in [-0.05, 0) is 56.3 Å². The van der Waals surface area contributed by atoms with E-state index in [1.54, 1.807) is 7.11 Å². The van der Waals surface area contributed by atoms with Crippen LogP contribution in [0.25, 0.3) is 0 Å². The van der Waals surface area contributed by atoms with E-state index in [1.165, 1.54) is 0 Å². The molecular formula is C16H25NO2. The van der Waals surface area contributed by atoms with Crippen LogP contribution in [0.1, 0.15) is 44.6 Å². The van der Waals surface area contributed by atoms with Gasteiger partial charge in [0.25, 0.3) is 0 Å². The van der Waals surface area contributed by atoms with Crippen molar-refractivity contribution in [3.05, 3.63) is 29.8 Å². The summed E-state index contributed by atoms with van der Waals surface area (Å²) in [5.74, 6) is 0.817. The Morgan fingerprint density at radius 1 is 1.37 bits per heavy atom. The Morgan fingerprint density at radius 2 is 2.11 bits per heavy atom. The Balaban J connectivity index is 2.00. The van der Waals surface area contributed by atoms with Crippen LogP contribution in [-0.2, 0) is 5.60 Å². The lowest BCUT2D eigenvalue weighted by Crippen LogP contribution is -2.40. The van der Waals surface area contributed by atoms with Gasteiger partial charge in [-0.25, -0.2) is 0 Å². The van der Waals surface area contributed by atoms with Crippen molar-refractivity contribution in [1.82, 2.24) is 5.32 Å². The van der Waals surface area contributed by atoms with E-state index in [4.69, 9.17) is 4.74 Å². The van der Waals surface area contributed by atoms with Crippen molar-refractivity contribution in [3.8, 4) is 5.75 Å². The van der Waals surface area contributed by atoms with Crippen LogP contribution in [0.5, 0.6) is 5.75 Å². The number of nitrogens with one attached hydrogen (secondary N) is 1. The van der Waals surface area contributed by atoms with Gasteiger partial charge in [0.1, 0.15) is 5.75 Å². The second kappa shape index (κ2) is 6.40. The van der Waals surface area contributed by atoms with Gasteiger partial charge >= 0.3 is 0 Å². The maximum absolute atomic E-state index is 10.8. The Bertz CT molecular complexity index is 397. The quantitative estimate of drug-likeness (QED) is 0.858. The first-order valence-electron chi connectivity index (χ1n) is 7.28. The van der Waals surface area contributed by atoms with Crippen LogP contribution >= 0.6 is 0 Å². The van der Waals surface area contributed by atoms with Gasteiger partial charge in [-0.3, -0.25) is 0 Å². The van der Waals surface area contributed by atoms with E-state index in [0.717, 1.165) is 50.0 Å². The molecule has 1 fully saturated rings. The van der Waals surface area contributed by atoms with Gasteiger partial charge in [0, 0.05) is 6.04 Å². The number of rotatable bonds is 5. The first kappa shape index (κ1) is 14.4. The fraction of sp³-hybridized carbons (Fsp3) is 0.625. The monoisotopic (exact) mass is 263 g/mol. The molecule has 1 aliphatic carbocycles. The van der Waals surface area contributed by atoms with Crippen LogP contribution in [0.15, 0.2) is 24.3 Å². The zero-order chi connectivity index (χ0) is 13.7. The number of ether oxygens (including phenoxy) is 1. The second-order valence-electron chi connectivity index (χ2n) is 5.49. The SMILES string of the molecule is CCCNC1CCC(O)(c2cccc(OC)c2)CC1. The number of hydrogen-bond acceptors (Lipinski definition) is 3. The van der Waals surface area contributed by atoms with E-state index in [0.29, 0.717) is 6.04 Å². The molecule has 1 aliphatic rings. The summed E-state index contributed by atoms with van der Waals surface area (Å²) >= 11 is 0. The molecule has 19 heavy (non-hydrogen) atoms. The molecular weight excluding hydrogens is 238 g/mol. The van der Waals surface area contributed by atoms with Crippen molar-refractivity contribution >= 4 is 0 Å². The van der Waals surface area contributed by atoms with E-state index in [2.05, 4.69) is 12.2 Å². The molecule has 2 N–H and O–H groups in total. The predicted molar refractivity (Wildman–Crippen MR) is 77.4 cm³/mol. The summed E-state index contributed by atoms with van der Waals surface area (Å²) in [5, 5.41) is 14.4. The lowest BCUT2D eigenvalue weighted by molar-refractivity contribution is -0.00841. The van der Waals surface area contributed by atoms with Crippen LogP contribution in [0.3, 0.4) is 0 Å². The molecule has 0 spiro atoms. The van der Waals surface area contributed by atoms with Crippen LogP contribution in [0, 0.1) is 0 Å². The summed E-state index contributed by atoms with van der Waals surface area (Å²) in [6.07, 6.45) is 4.88. The number of benzene rings is 1. The maximum Gasteiger partial charge on any atom is 0.119 e. The van der Waals surface area contributed by atoms with Gasteiger partial charge in [-0.1, -0.05) is 19.1 Å². The largest absolute Gasteiger partial charge is 0.497 e. The Labute approximate surface area is 116 Å². The van der Waals surface area contributed by atoms with Crippen molar-refractivity contribution < 1.29 is 9.84 Å². The summed E-state index contributed by atoms with van der Waals surface area (Å²) in [7, 11) is 1.66. The first-order valence-corrected chi connectivity index (χ1v) is 7.28. The van der Waals surface area contributed by atoms with Crippen molar-refractivity contribution in [3.63, 3.8) is 0 Å². The summed E-state index contributed by atoms with van der Waals surface area (Å²) in [4.78, 5) is 0. The van der Waals surface area contributed by atoms with Gasteiger partial charge < -0.3 is 15.2 Å². The number of aliphatic hydroxyl groups is 1. The highest BCUT2D eigenvalue weighted by molar-refractivity contribution is 5.32. The van der Waals surface area contributed by atoms with Gasteiger partial charge in [-0.2, -0.15) is 0 Å². The third-order valence-electron chi connectivity index (χ3n) is 4.10. The van der Waals surface area contributed by atoms with Crippen LogP contribution in [0.4, 0.5) is 0 Å². The normalized spacial score (nSPS) is 27.2. The molecule has 0 unspecified atom stereocenters. The van der Waals surface area contributed by atoms with Gasteiger partial charge in [0.2, 0.25) is 0 Å². The predicted octanol–water partition coefficient (Wildman–Crippen LogP) is 2.83. The van der Waals surface area contributed by atoms with Crippen molar-refractivity contribution in [2.24, 2.45) is 0 Å². The second-order valence-corrected chi connectivity index (χ2v) is 5.49. The summed E-state index contributed by atoms with van der Waals surface area (Å²) in [6, 6.07) is 8.39. The van der Waals surface area contributed by atoms with E-state index < -0.39 is 5.60 Å². The molecule has 1 aromatic rings. The minimum atomic E-state index is -0.682. The first-order chi connectivity index (χ1) is 9.18. The van der Waals surface area contributed by atoms with Gasteiger partial charge in [0.15, 0.2) is 0 Å². The van der Waals surface area contributed by atoms with Gasteiger partial charge in [0.05, 0.1) is 12.7 Å². The molecule has 0 amide bonds. The standard InChI is InChI=1S/C16H25NO2/c1-3-11-17-14-7-9-16(18,10-8-14)13-5-4-6-15(12-13)19-2/h4-6,12,14,17-18H,3,7-11H2,1-2H3. The molecule has 3 heteroatoms. The van der Waals surface area contributed by atoms with Crippen molar-refractivity contribution in [2.75, 3.05) is 13.7 Å². The minimum Gasteiger partial charge on any atom is -0.497 e. The third kappa shape index (κ3) is 3.48. The fourth-order valence-corrected chi connectivity index (χ4v) is 2.85. The van der Waals surface area contributed by atoms with E-state index in [-0.39, 0.29) is 0 Å². The molecule has 1 aromatic carbocycles. The smallest absolute Gasteiger partial charge is 0.119 e. The molecule has 3 nitrogen and oxygen atoms in total. The van der Waals surface area contributed by atoms with E-state index >= 15 is 0 Å². The van der Waals surface area contributed by atoms with Crippen molar-refractivity contribution in [2.45, 2.75) is 50.7 Å². The lowest BCUT2D eigenvalue weighted by Gasteiger charge is -2.37. The molecule has 0 heterocycles. The van der Waals surface area contributed by atoms with E-state index in [1.807, 2.05) is 24.3 Å². The average molecular weight is 263 g/mol. The zero-order valence-electron chi connectivity index (χ0n) is 12.0. The number of hydrogen-bond donors (Lipinski definition) is 2. The fourth-order valence-electron chi connectivity index (χ4n) is 2.85. The molecule has 0 bridgehead atoms. The molecule has 0 aromatic heterocycles. The summed E-state index contributed by atoms with van der Waals surface area (Å²) < 4.78 is 5.24. The molecule has 106 valence electrons. The zero-order valence-corrected chi connectivity index (χ0v) is 12.0. The summed E-state index contributed by atoms with van der Waals surface area (Å²) in [6.45, 7) is 3.25. The van der Waals surface area contributed by atoms with Gasteiger partial charge in [-0.15, -0.1) is 0 Å². The minimum absolute atomic E-state index is 0.561. The molecule has 0 saturated heterocycles. The topological polar surface area (TPSA) is 41.5 Å².